The standard InChI is InChI=1S/C12H13N3OS/c1-9-2-4-10(5-3-9)15-7-6-14-12(15)17-8-11(13)16/h2-7H,8H2,1H3,(H2,13,16). The fourth-order valence-corrected chi connectivity index (χ4v) is 2.15. The third kappa shape index (κ3) is 2.88. The van der Waals surface area contributed by atoms with Crippen LogP contribution in [0.2, 0.25) is 0 Å². The van der Waals surface area contributed by atoms with Crippen LogP contribution in [0.4, 0.5) is 0 Å². The van der Waals surface area contributed by atoms with Crippen molar-refractivity contribution in [1.29, 1.82) is 0 Å². The van der Waals surface area contributed by atoms with Crippen LogP contribution in [0.1, 0.15) is 5.56 Å². The van der Waals surface area contributed by atoms with Gasteiger partial charge in [-0.3, -0.25) is 9.36 Å². The van der Waals surface area contributed by atoms with Crippen molar-refractivity contribution in [2.24, 2.45) is 5.73 Å². The Balaban J connectivity index is 2.24. The minimum Gasteiger partial charge on any atom is -0.369 e. The largest absolute Gasteiger partial charge is 0.369 e. The summed E-state index contributed by atoms with van der Waals surface area (Å²) >= 11 is 1.34. The molecule has 0 fully saturated rings. The summed E-state index contributed by atoms with van der Waals surface area (Å²) in [7, 11) is 0. The van der Waals surface area contributed by atoms with Crippen molar-refractivity contribution in [1.82, 2.24) is 9.55 Å². The molecular formula is C12H13N3OS. The molecule has 1 amide bonds. The van der Waals surface area contributed by atoms with Gasteiger partial charge in [-0.25, -0.2) is 4.98 Å². The highest BCUT2D eigenvalue weighted by Crippen LogP contribution is 2.20. The van der Waals surface area contributed by atoms with E-state index in [4.69, 9.17) is 5.73 Å². The molecule has 1 aromatic heterocycles. The van der Waals surface area contributed by atoms with E-state index in [2.05, 4.69) is 4.98 Å². The van der Waals surface area contributed by atoms with Gasteiger partial charge in [-0.2, -0.15) is 0 Å². The number of hydrogen-bond acceptors (Lipinski definition) is 3. The summed E-state index contributed by atoms with van der Waals surface area (Å²) in [6.45, 7) is 2.04. The second kappa shape index (κ2) is 5.05. The number of nitrogens with two attached hydrogens (primary N) is 1. The predicted molar refractivity (Wildman–Crippen MR) is 68.2 cm³/mol. The SMILES string of the molecule is Cc1ccc(-n2ccnc2SCC(N)=O)cc1. The number of amides is 1. The van der Waals surface area contributed by atoms with Crippen molar-refractivity contribution < 1.29 is 4.79 Å². The first-order valence-corrected chi connectivity index (χ1v) is 6.17. The number of thioether (sulfide) groups is 1. The van der Waals surface area contributed by atoms with Gasteiger partial charge in [0.15, 0.2) is 5.16 Å². The van der Waals surface area contributed by atoms with Gasteiger partial charge in [-0.05, 0) is 19.1 Å². The molecule has 2 aromatic rings. The first-order valence-electron chi connectivity index (χ1n) is 5.18. The molecule has 1 aromatic carbocycles. The van der Waals surface area contributed by atoms with Crippen LogP contribution >= 0.6 is 11.8 Å². The van der Waals surface area contributed by atoms with E-state index in [9.17, 15) is 4.79 Å². The lowest BCUT2D eigenvalue weighted by Crippen LogP contribution is -2.13. The van der Waals surface area contributed by atoms with Crippen LogP contribution in [0.25, 0.3) is 5.69 Å². The summed E-state index contributed by atoms with van der Waals surface area (Å²) < 4.78 is 1.94. The minimum atomic E-state index is -0.339. The predicted octanol–water partition coefficient (Wildman–Crippen LogP) is 1.76. The third-order valence-electron chi connectivity index (χ3n) is 2.26. The van der Waals surface area contributed by atoms with Gasteiger partial charge in [0.2, 0.25) is 5.91 Å². The molecule has 0 aliphatic heterocycles. The van der Waals surface area contributed by atoms with Gasteiger partial charge in [0.1, 0.15) is 0 Å². The van der Waals surface area contributed by atoms with Gasteiger partial charge < -0.3 is 5.73 Å². The van der Waals surface area contributed by atoms with Crippen molar-refractivity contribution in [2.75, 3.05) is 5.75 Å². The monoisotopic (exact) mass is 247 g/mol. The Hall–Kier alpha value is -1.75. The molecule has 4 nitrogen and oxygen atoms in total. The first kappa shape index (κ1) is 11.7. The van der Waals surface area contributed by atoms with Crippen molar-refractivity contribution in [2.45, 2.75) is 12.1 Å². The number of primary amides is 1. The Bertz CT molecular complexity index is 519. The molecule has 0 aliphatic rings. The number of rotatable bonds is 4. The molecule has 0 spiro atoms. The van der Waals surface area contributed by atoms with Gasteiger partial charge in [-0.1, -0.05) is 29.5 Å². The van der Waals surface area contributed by atoms with Crippen LogP contribution in [0.5, 0.6) is 0 Å². The molecule has 0 atom stereocenters. The van der Waals surface area contributed by atoms with E-state index >= 15 is 0 Å². The van der Waals surface area contributed by atoms with E-state index in [1.807, 2.05) is 42.0 Å². The van der Waals surface area contributed by atoms with Gasteiger partial charge in [0, 0.05) is 18.1 Å². The number of aryl methyl sites for hydroxylation is 1. The highest BCUT2D eigenvalue weighted by molar-refractivity contribution is 7.99. The average Bonchev–Trinajstić information content (AvgIpc) is 2.75. The highest BCUT2D eigenvalue weighted by atomic mass is 32.2. The lowest BCUT2D eigenvalue weighted by Gasteiger charge is -2.06. The van der Waals surface area contributed by atoms with Crippen molar-refractivity contribution in [3.05, 3.63) is 42.2 Å². The molecule has 88 valence electrons. The number of benzene rings is 1. The summed E-state index contributed by atoms with van der Waals surface area (Å²) in [5.41, 5.74) is 7.36. The Morgan fingerprint density at radius 3 is 2.76 bits per heavy atom. The number of hydrogen-bond donors (Lipinski definition) is 1. The lowest BCUT2D eigenvalue weighted by molar-refractivity contribution is -0.115. The van der Waals surface area contributed by atoms with Gasteiger partial charge in [0.05, 0.1) is 5.75 Å². The van der Waals surface area contributed by atoms with E-state index in [-0.39, 0.29) is 11.7 Å². The number of imidazole rings is 1. The molecule has 5 heteroatoms. The summed E-state index contributed by atoms with van der Waals surface area (Å²) in [5, 5.41) is 0.771. The zero-order valence-electron chi connectivity index (χ0n) is 9.46. The number of carbonyl (C=O) groups is 1. The smallest absolute Gasteiger partial charge is 0.227 e. The van der Waals surface area contributed by atoms with E-state index in [1.165, 1.54) is 17.3 Å². The zero-order chi connectivity index (χ0) is 12.3. The Morgan fingerprint density at radius 2 is 2.12 bits per heavy atom. The topological polar surface area (TPSA) is 60.9 Å². The van der Waals surface area contributed by atoms with Crippen LogP contribution in [0.3, 0.4) is 0 Å². The zero-order valence-corrected chi connectivity index (χ0v) is 10.3. The highest BCUT2D eigenvalue weighted by Gasteiger charge is 2.06. The Morgan fingerprint density at radius 1 is 1.41 bits per heavy atom. The lowest BCUT2D eigenvalue weighted by atomic mass is 10.2. The molecule has 2 rings (SSSR count). The van der Waals surface area contributed by atoms with Crippen molar-refractivity contribution in [3.63, 3.8) is 0 Å². The molecule has 0 unspecified atom stereocenters. The molecule has 2 N–H and O–H groups in total. The summed E-state index contributed by atoms with van der Waals surface area (Å²) in [4.78, 5) is 15.0. The molecule has 0 saturated carbocycles. The maximum Gasteiger partial charge on any atom is 0.227 e. The second-order valence-electron chi connectivity index (χ2n) is 3.67. The minimum absolute atomic E-state index is 0.239. The number of carbonyl (C=O) groups excluding carboxylic acids is 1. The maximum absolute atomic E-state index is 10.8. The fraction of sp³-hybridized carbons (Fsp3) is 0.167. The summed E-state index contributed by atoms with van der Waals surface area (Å²) in [5.74, 6) is -0.100. The Kier molecular flexibility index (Phi) is 3.49. The van der Waals surface area contributed by atoms with Crippen LogP contribution < -0.4 is 5.73 Å². The van der Waals surface area contributed by atoms with Gasteiger partial charge >= 0.3 is 0 Å². The van der Waals surface area contributed by atoms with Crippen LogP contribution in [-0.4, -0.2) is 21.2 Å². The number of nitrogens with zero attached hydrogens (tertiary/aromatic N) is 2. The molecule has 0 radical (unpaired) electrons. The second-order valence-corrected chi connectivity index (χ2v) is 4.61. The van der Waals surface area contributed by atoms with Crippen LogP contribution in [0.15, 0.2) is 41.8 Å². The molecule has 17 heavy (non-hydrogen) atoms. The number of aromatic nitrogens is 2. The Labute approximate surface area is 104 Å². The molecular weight excluding hydrogens is 234 g/mol. The van der Waals surface area contributed by atoms with Gasteiger partial charge in [0.25, 0.3) is 0 Å². The van der Waals surface area contributed by atoms with E-state index < -0.39 is 0 Å². The molecule has 0 bridgehead atoms. The normalized spacial score (nSPS) is 10.4. The van der Waals surface area contributed by atoms with Crippen molar-refractivity contribution >= 4 is 17.7 Å². The summed E-state index contributed by atoms with van der Waals surface area (Å²) in [6, 6.07) is 8.12. The van der Waals surface area contributed by atoms with E-state index in [1.54, 1.807) is 6.20 Å². The molecule has 0 saturated heterocycles. The van der Waals surface area contributed by atoms with Crippen molar-refractivity contribution in [3.8, 4) is 5.69 Å². The maximum atomic E-state index is 10.8. The van der Waals surface area contributed by atoms with Crippen LogP contribution in [-0.2, 0) is 4.79 Å². The quantitative estimate of drug-likeness (QED) is 0.837. The van der Waals surface area contributed by atoms with E-state index in [0.717, 1.165) is 10.8 Å². The molecule has 0 aliphatic carbocycles. The fourth-order valence-electron chi connectivity index (χ4n) is 1.43. The van der Waals surface area contributed by atoms with E-state index in [0.29, 0.717) is 0 Å². The van der Waals surface area contributed by atoms with Gasteiger partial charge in [-0.15, -0.1) is 0 Å². The molecule has 1 heterocycles. The average molecular weight is 247 g/mol. The third-order valence-corrected chi connectivity index (χ3v) is 3.25. The summed E-state index contributed by atoms with van der Waals surface area (Å²) in [6.07, 6.45) is 3.58. The first-order chi connectivity index (χ1) is 8.16. The van der Waals surface area contributed by atoms with Crippen LogP contribution in [0, 0.1) is 6.92 Å².